The first-order valence-corrected chi connectivity index (χ1v) is 4.35. The third-order valence-corrected chi connectivity index (χ3v) is 2.20. The number of nitrogen functional groups attached to an aromatic ring is 1. The van der Waals surface area contributed by atoms with E-state index in [9.17, 15) is 0 Å². The molecule has 0 unspecified atom stereocenters. The summed E-state index contributed by atoms with van der Waals surface area (Å²) in [7, 11) is 0. The van der Waals surface area contributed by atoms with Crippen molar-refractivity contribution in [2.75, 3.05) is 5.73 Å². The van der Waals surface area contributed by atoms with Crippen LogP contribution < -0.4 is 5.73 Å². The Labute approximate surface area is 82.7 Å². The molecular weight excluding hydrogens is 234 g/mol. The molecule has 13 heavy (non-hydrogen) atoms. The van der Waals surface area contributed by atoms with E-state index in [0.29, 0.717) is 5.69 Å². The topological polar surface area (TPSA) is 69.6 Å². The van der Waals surface area contributed by atoms with Gasteiger partial charge in [0.2, 0.25) is 0 Å². The van der Waals surface area contributed by atoms with E-state index in [1.54, 1.807) is 16.8 Å². The molecule has 0 bridgehead atoms. The van der Waals surface area contributed by atoms with E-state index in [1.165, 1.54) is 6.33 Å². The molecule has 5 nitrogen and oxygen atoms in total. The molecule has 2 aromatic rings. The van der Waals surface area contributed by atoms with E-state index in [2.05, 4.69) is 31.5 Å². The van der Waals surface area contributed by atoms with Gasteiger partial charge in [-0.05, 0) is 44.6 Å². The Bertz CT molecular complexity index is 411. The predicted octanol–water partition coefficient (Wildman–Crippen LogP) is 1.01. The highest BCUT2D eigenvalue weighted by Crippen LogP contribution is 2.22. The zero-order valence-corrected chi connectivity index (χ0v) is 8.14. The Hall–Kier alpha value is -1.43. The highest BCUT2D eigenvalue weighted by atomic mass is 79.9. The van der Waals surface area contributed by atoms with E-state index in [1.807, 2.05) is 6.07 Å². The van der Waals surface area contributed by atoms with Crippen LogP contribution in [0.25, 0.3) is 5.69 Å². The maximum absolute atomic E-state index is 5.59. The summed E-state index contributed by atoms with van der Waals surface area (Å²) in [5.41, 5.74) is 7.15. The zero-order chi connectivity index (χ0) is 9.26. The molecule has 0 aliphatic rings. The van der Waals surface area contributed by atoms with Crippen LogP contribution in [0.3, 0.4) is 0 Å². The van der Waals surface area contributed by atoms with Crippen LogP contribution in [0.15, 0.2) is 29.0 Å². The zero-order valence-electron chi connectivity index (χ0n) is 6.55. The lowest BCUT2D eigenvalue weighted by Gasteiger charge is -2.02. The minimum Gasteiger partial charge on any atom is -0.399 e. The lowest BCUT2D eigenvalue weighted by molar-refractivity contribution is 0.787. The molecule has 0 amide bonds. The van der Waals surface area contributed by atoms with Gasteiger partial charge in [0, 0.05) is 10.2 Å². The minimum atomic E-state index is 0.698. The van der Waals surface area contributed by atoms with E-state index < -0.39 is 0 Å². The monoisotopic (exact) mass is 239 g/mol. The summed E-state index contributed by atoms with van der Waals surface area (Å²) in [6.45, 7) is 0. The maximum atomic E-state index is 5.59. The van der Waals surface area contributed by atoms with Crippen molar-refractivity contribution >= 4 is 21.6 Å². The van der Waals surface area contributed by atoms with E-state index in [4.69, 9.17) is 5.73 Å². The standard InChI is InChI=1S/C7H6BrN5/c8-6-3-5(9)1-2-7(6)13-4-10-11-12-13/h1-4H,9H2. The smallest absolute Gasteiger partial charge is 0.143 e. The third kappa shape index (κ3) is 1.52. The summed E-state index contributed by atoms with van der Waals surface area (Å²) in [6, 6.07) is 5.44. The van der Waals surface area contributed by atoms with Crippen molar-refractivity contribution in [1.29, 1.82) is 0 Å². The summed E-state index contributed by atoms with van der Waals surface area (Å²) in [6.07, 6.45) is 1.52. The van der Waals surface area contributed by atoms with Crippen molar-refractivity contribution < 1.29 is 0 Å². The second-order valence-electron chi connectivity index (χ2n) is 2.47. The Morgan fingerprint density at radius 2 is 2.23 bits per heavy atom. The van der Waals surface area contributed by atoms with Crippen LogP contribution in [0.5, 0.6) is 0 Å². The number of tetrazole rings is 1. The molecule has 0 spiro atoms. The molecule has 0 atom stereocenters. The Kier molecular flexibility index (Phi) is 1.97. The van der Waals surface area contributed by atoms with Gasteiger partial charge in [0.15, 0.2) is 0 Å². The van der Waals surface area contributed by atoms with Crippen LogP contribution in [-0.2, 0) is 0 Å². The highest BCUT2D eigenvalue weighted by molar-refractivity contribution is 9.10. The molecule has 1 aromatic heterocycles. The lowest BCUT2D eigenvalue weighted by atomic mass is 10.3. The number of rotatable bonds is 1. The van der Waals surface area contributed by atoms with Gasteiger partial charge in [-0.15, -0.1) is 5.10 Å². The van der Waals surface area contributed by atoms with Gasteiger partial charge in [-0.3, -0.25) is 0 Å². The number of nitrogens with two attached hydrogens (primary N) is 1. The van der Waals surface area contributed by atoms with Crippen LogP contribution in [0.4, 0.5) is 5.69 Å². The molecule has 6 heteroatoms. The maximum Gasteiger partial charge on any atom is 0.143 e. The Morgan fingerprint density at radius 3 is 2.85 bits per heavy atom. The summed E-state index contributed by atoms with van der Waals surface area (Å²) in [4.78, 5) is 0. The van der Waals surface area contributed by atoms with Gasteiger partial charge < -0.3 is 5.73 Å². The first-order valence-electron chi connectivity index (χ1n) is 3.56. The first kappa shape index (κ1) is 8.18. The molecule has 1 heterocycles. The number of hydrogen-bond acceptors (Lipinski definition) is 4. The predicted molar refractivity (Wildman–Crippen MR) is 51.3 cm³/mol. The molecule has 0 saturated heterocycles. The fourth-order valence-electron chi connectivity index (χ4n) is 0.981. The first-order chi connectivity index (χ1) is 6.27. The molecule has 2 N–H and O–H groups in total. The van der Waals surface area contributed by atoms with Crippen LogP contribution in [-0.4, -0.2) is 20.2 Å². The summed E-state index contributed by atoms with van der Waals surface area (Å²) < 4.78 is 2.42. The fraction of sp³-hybridized carbons (Fsp3) is 0. The second-order valence-corrected chi connectivity index (χ2v) is 3.32. The number of hydrogen-bond donors (Lipinski definition) is 1. The summed E-state index contributed by atoms with van der Waals surface area (Å²) in [5, 5.41) is 10.8. The Balaban J connectivity index is 2.53. The van der Waals surface area contributed by atoms with Gasteiger partial charge in [0.25, 0.3) is 0 Å². The second kappa shape index (κ2) is 3.14. The molecule has 0 saturated carbocycles. The van der Waals surface area contributed by atoms with E-state index in [-0.39, 0.29) is 0 Å². The van der Waals surface area contributed by atoms with Gasteiger partial charge in [0.1, 0.15) is 6.33 Å². The van der Waals surface area contributed by atoms with Gasteiger partial charge in [-0.2, -0.15) is 4.68 Å². The number of aromatic nitrogens is 4. The Morgan fingerprint density at radius 1 is 1.38 bits per heavy atom. The quantitative estimate of drug-likeness (QED) is 0.755. The largest absolute Gasteiger partial charge is 0.399 e. The van der Waals surface area contributed by atoms with E-state index in [0.717, 1.165) is 10.2 Å². The number of halogens is 1. The average Bonchev–Trinajstić information content (AvgIpc) is 2.56. The van der Waals surface area contributed by atoms with E-state index >= 15 is 0 Å². The van der Waals surface area contributed by atoms with Crippen molar-refractivity contribution in [3.63, 3.8) is 0 Å². The third-order valence-electron chi connectivity index (χ3n) is 1.57. The van der Waals surface area contributed by atoms with Crippen LogP contribution >= 0.6 is 15.9 Å². The molecule has 2 rings (SSSR count). The van der Waals surface area contributed by atoms with Crippen molar-refractivity contribution in [1.82, 2.24) is 20.2 Å². The highest BCUT2D eigenvalue weighted by Gasteiger charge is 2.02. The lowest BCUT2D eigenvalue weighted by Crippen LogP contribution is -1.97. The van der Waals surface area contributed by atoms with Gasteiger partial charge in [-0.1, -0.05) is 0 Å². The van der Waals surface area contributed by atoms with Crippen molar-refractivity contribution in [2.45, 2.75) is 0 Å². The number of benzene rings is 1. The molecule has 66 valence electrons. The summed E-state index contributed by atoms with van der Waals surface area (Å²) >= 11 is 3.37. The fourth-order valence-corrected chi connectivity index (χ4v) is 1.56. The molecule has 0 aliphatic heterocycles. The van der Waals surface area contributed by atoms with Crippen LogP contribution in [0.1, 0.15) is 0 Å². The number of anilines is 1. The summed E-state index contributed by atoms with van der Waals surface area (Å²) in [5.74, 6) is 0. The average molecular weight is 240 g/mol. The van der Waals surface area contributed by atoms with Crippen molar-refractivity contribution in [2.24, 2.45) is 0 Å². The van der Waals surface area contributed by atoms with Gasteiger partial charge >= 0.3 is 0 Å². The molecule has 0 aliphatic carbocycles. The van der Waals surface area contributed by atoms with Crippen molar-refractivity contribution in [3.8, 4) is 5.69 Å². The van der Waals surface area contributed by atoms with Crippen LogP contribution in [0, 0.1) is 0 Å². The SMILES string of the molecule is Nc1ccc(-n2cnnn2)c(Br)c1. The van der Waals surface area contributed by atoms with Gasteiger partial charge in [0.05, 0.1) is 5.69 Å². The van der Waals surface area contributed by atoms with Crippen molar-refractivity contribution in [3.05, 3.63) is 29.0 Å². The minimum absolute atomic E-state index is 0.698. The molecule has 0 radical (unpaired) electrons. The van der Waals surface area contributed by atoms with Gasteiger partial charge in [-0.25, -0.2) is 0 Å². The molecule has 1 aromatic carbocycles. The normalized spacial score (nSPS) is 10.2. The molecule has 0 fully saturated rings. The number of nitrogens with zero attached hydrogens (tertiary/aromatic N) is 4. The van der Waals surface area contributed by atoms with Crippen LogP contribution in [0.2, 0.25) is 0 Å². The molecular formula is C7H6BrN5.